The highest BCUT2D eigenvalue weighted by atomic mass is 16.7. The molecule has 5 N–H and O–H groups in total. The second-order valence-electron chi connectivity index (χ2n) is 14.3. The van der Waals surface area contributed by atoms with Gasteiger partial charge in [-0.2, -0.15) is 0 Å². The van der Waals surface area contributed by atoms with Gasteiger partial charge in [-0.05, 0) is 47.4 Å². The number of esters is 3. The maximum Gasteiger partial charge on any atom is 0.407 e. The molecule has 342 valence electrons. The van der Waals surface area contributed by atoms with Gasteiger partial charge in [0.15, 0.2) is 12.4 Å². The molecule has 0 saturated carbocycles. The molecular formula is C44H55N3O16. The molecule has 3 aromatic carbocycles. The summed E-state index contributed by atoms with van der Waals surface area (Å²) in [4.78, 5) is 72.9. The Morgan fingerprint density at radius 3 is 1.83 bits per heavy atom. The van der Waals surface area contributed by atoms with Crippen molar-refractivity contribution in [3.63, 3.8) is 0 Å². The zero-order valence-corrected chi connectivity index (χ0v) is 35.8. The van der Waals surface area contributed by atoms with Crippen molar-refractivity contribution in [1.29, 1.82) is 0 Å². The number of nitrogens with two attached hydrogens (primary N) is 1. The minimum absolute atomic E-state index is 0.0878. The maximum absolute atomic E-state index is 12.7. The van der Waals surface area contributed by atoms with E-state index >= 15 is 0 Å². The van der Waals surface area contributed by atoms with Crippen LogP contribution < -0.4 is 25.8 Å². The number of amides is 3. The Balaban J connectivity index is 1.29. The molecule has 0 aliphatic carbocycles. The van der Waals surface area contributed by atoms with Crippen molar-refractivity contribution in [2.75, 3.05) is 53.7 Å². The van der Waals surface area contributed by atoms with Crippen molar-refractivity contribution in [2.24, 2.45) is 11.7 Å². The second-order valence-corrected chi connectivity index (χ2v) is 14.3. The lowest BCUT2D eigenvalue weighted by Gasteiger charge is -2.44. The molecule has 19 heteroatoms. The standard InChI is InChI=1S/C44H55N3O16/c1-27(48)57-25-37-41(62-29(3)50)40(61-28(2)49)36(22-38(45)52)42(63-37)58-26-39(53)46-20-9-21-47-43(54)59-23-33(51)24-60-44(30-10-7-6-8-11-30,31-12-16-34(55-4)17-13-31)32-14-18-35(56-5)19-15-32/h6-8,10-19,33,36-37,40-42,51H,9,20-26H2,1-5H3,(H2,45,52)(H,46,53)(H,47,54)/t33-,36+,37+,40+,41-,42+/m0/s1. The third kappa shape index (κ3) is 14.7. The van der Waals surface area contributed by atoms with Gasteiger partial charge in [-0.15, -0.1) is 0 Å². The van der Waals surface area contributed by atoms with Gasteiger partial charge in [0, 0.05) is 40.3 Å². The van der Waals surface area contributed by atoms with Crippen molar-refractivity contribution in [2.45, 2.75) is 69.9 Å². The lowest BCUT2D eigenvalue weighted by Crippen LogP contribution is -2.60. The van der Waals surface area contributed by atoms with Gasteiger partial charge in [0.25, 0.3) is 0 Å². The second kappa shape index (κ2) is 24.4. The lowest BCUT2D eigenvalue weighted by atomic mass is 9.80. The van der Waals surface area contributed by atoms with E-state index in [0.29, 0.717) is 11.5 Å². The number of hydrogen-bond donors (Lipinski definition) is 4. The highest BCUT2D eigenvalue weighted by molar-refractivity contribution is 5.77. The summed E-state index contributed by atoms with van der Waals surface area (Å²) in [5, 5.41) is 16.2. The van der Waals surface area contributed by atoms with E-state index in [-0.39, 0.29) is 26.1 Å². The SMILES string of the molecule is COc1ccc(C(OC[C@@H](O)COC(=O)NCCCNC(=O)CO[C@@H]2O[C@H](COC(C)=O)[C@H](OC(C)=O)[C@H](OC(C)=O)[C@H]2CC(N)=O)(c2ccccc2)c2ccc(OC)cc2)cc1. The third-order valence-corrected chi connectivity index (χ3v) is 9.66. The Kier molecular flexibility index (Phi) is 19.1. The smallest absolute Gasteiger partial charge is 0.407 e. The summed E-state index contributed by atoms with van der Waals surface area (Å²) in [6.07, 6.45) is -7.44. The summed E-state index contributed by atoms with van der Waals surface area (Å²) in [7, 11) is 3.15. The van der Waals surface area contributed by atoms with E-state index in [9.17, 15) is 33.9 Å². The van der Waals surface area contributed by atoms with Crippen molar-refractivity contribution < 1.29 is 76.5 Å². The number of carbonyl (C=O) groups excluding carboxylic acids is 6. The van der Waals surface area contributed by atoms with Crippen molar-refractivity contribution in [1.82, 2.24) is 10.6 Å². The highest BCUT2D eigenvalue weighted by Crippen LogP contribution is 2.42. The van der Waals surface area contributed by atoms with Gasteiger partial charge < -0.3 is 64.1 Å². The van der Waals surface area contributed by atoms with Crippen LogP contribution in [0.4, 0.5) is 4.79 Å². The molecule has 1 heterocycles. The molecule has 63 heavy (non-hydrogen) atoms. The van der Waals surface area contributed by atoms with Crippen LogP contribution in [0.1, 0.15) is 50.3 Å². The van der Waals surface area contributed by atoms with Gasteiger partial charge in [0.05, 0.1) is 26.7 Å². The van der Waals surface area contributed by atoms with Crippen molar-refractivity contribution in [3.8, 4) is 11.5 Å². The van der Waals surface area contributed by atoms with Crippen LogP contribution in [0.2, 0.25) is 0 Å². The Labute approximate surface area is 364 Å². The van der Waals surface area contributed by atoms with Gasteiger partial charge >= 0.3 is 24.0 Å². The van der Waals surface area contributed by atoms with Crippen LogP contribution in [0.15, 0.2) is 78.9 Å². The number of methoxy groups -OCH3 is 2. The number of rotatable bonds is 23. The topological polar surface area (TPSA) is 256 Å². The minimum Gasteiger partial charge on any atom is -0.497 e. The average molecular weight is 882 g/mol. The van der Waals surface area contributed by atoms with Gasteiger partial charge in [-0.25, -0.2) is 4.79 Å². The van der Waals surface area contributed by atoms with Crippen LogP contribution >= 0.6 is 0 Å². The fourth-order valence-corrected chi connectivity index (χ4v) is 6.86. The predicted molar refractivity (Wildman–Crippen MR) is 221 cm³/mol. The molecule has 0 bridgehead atoms. The summed E-state index contributed by atoms with van der Waals surface area (Å²) in [5.41, 5.74) is 6.56. The molecule has 3 amide bonds. The molecule has 1 aliphatic heterocycles. The van der Waals surface area contributed by atoms with Gasteiger partial charge in [0.2, 0.25) is 11.8 Å². The zero-order chi connectivity index (χ0) is 45.9. The lowest BCUT2D eigenvalue weighted by molar-refractivity contribution is -0.290. The van der Waals surface area contributed by atoms with E-state index in [0.717, 1.165) is 37.5 Å². The molecule has 0 spiro atoms. The third-order valence-electron chi connectivity index (χ3n) is 9.66. The number of nitrogens with one attached hydrogen (secondary N) is 2. The molecule has 1 aliphatic rings. The summed E-state index contributed by atoms with van der Waals surface area (Å²) >= 11 is 0. The van der Waals surface area contributed by atoms with E-state index in [4.69, 9.17) is 48.4 Å². The Morgan fingerprint density at radius 1 is 0.730 bits per heavy atom. The summed E-state index contributed by atoms with van der Waals surface area (Å²) in [6.45, 7) is 1.88. The fraction of sp³-hybridized carbons (Fsp3) is 0.455. The molecule has 19 nitrogen and oxygen atoms in total. The van der Waals surface area contributed by atoms with Gasteiger partial charge in [0.1, 0.15) is 55.2 Å². The van der Waals surface area contributed by atoms with E-state index in [1.165, 1.54) is 0 Å². The van der Waals surface area contributed by atoms with Crippen LogP contribution in [-0.2, 0) is 62.7 Å². The predicted octanol–water partition coefficient (Wildman–Crippen LogP) is 2.27. The first-order chi connectivity index (χ1) is 30.2. The molecule has 0 unspecified atom stereocenters. The number of alkyl carbamates (subject to hydrolysis) is 1. The van der Waals surface area contributed by atoms with Crippen LogP contribution in [0.5, 0.6) is 11.5 Å². The first-order valence-corrected chi connectivity index (χ1v) is 20.0. The number of carbonyl (C=O) groups is 6. The van der Waals surface area contributed by atoms with Crippen LogP contribution in [-0.4, -0.2) is 125 Å². The number of hydrogen-bond acceptors (Lipinski definition) is 16. The van der Waals surface area contributed by atoms with Crippen molar-refractivity contribution >= 4 is 35.8 Å². The maximum atomic E-state index is 12.7. The number of primary amides is 1. The Morgan fingerprint density at radius 2 is 1.29 bits per heavy atom. The van der Waals surface area contributed by atoms with Crippen LogP contribution in [0, 0.1) is 5.92 Å². The fourth-order valence-electron chi connectivity index (χ4n) is 6.86. The molecule has 0 aromatic heterocycles. The zero-order valence-electron chi connectivity index (χ0n) is 35.8. The van der Waals surface area contributed by atoms with Gasteiger partial charge in [-0.1, -0.05) is 54.6 Å². The molecule has 4 rings (SSSR count). The van der Waals surface area contributed by atoms with E-state index in [1.54, 1.807) is 14.2 Å². The summed E-state index contributed by atoms with van der Waals surface area (Å²) in [6, 6.07) is 24.3. The first kappa shape index (κ1) is 49.4. The largest absolute Gasteiger partial charge is 0.497 e. The summed E-state index contributed by atoms with van der Waals surface area (Å²) < 4.78 is 50.1. The van der Waals surface area contributed by atoms with E-state index in [2.05, 4.69) is 10.6 Å². The van der Waals surface area contributed by atoms with Crippen molar-refractivity contribution in [3.05, 3.63) is 95.6 Å². The average Bonchev–Trinajstić information content (AvgIpc) is 3.26. The Bertz CT molecular complexity index is 1920. The number of benzene rings is 3. The highest BCUT2D eigenvalue weighted by Gasteiger charge is 2.51. The quantitative estimate of drug-likeness (QED) is 0.0461. The normalized spacial score (nSPS) is 18.8. The monoisotopic (exact) mass is 881 g/mol. The molecule has 0 radical (unpaired) electrons. The molecule has 6 atom stereocenters. The van der Waals surface area contributed by atoms with Crippen LogP contribution in [0.25, 0.3) is 0 Å². The van der Waals surface area contributed by atoms with E-state index < -0.39 is 104 Å². The molecule has 3 aromatic rings. The molecule has 1 saturated heterocycles. The van der Waals surface area contributed by atoms with Crippen LogP contribution in [0.3, 0.4) is 0 Å². The summed E-state index contributed by atoms with van der Waals surface area (Å²) in [5.74, 6) is -3.49. The van der Waals surface area contributed by atoms with E-state index in [1.807, 2.05) is 78.9 Å². The molecular weight excluding hydrogens is 826 g/mol. The first-order valence-electron chi connectivity index (χ1n) is 20.0. The minimum atomic E-state index is -1.39. The molecule has 1 fully saturated rings. The Hall–Kier alpha value is -6.28. The number of aliphatic hydroxyl groups is 1. The number of aliphatic hydroxyl groups excluding tert-OH is 1. The van der Waals surface area contributed by atoms with Gasteiger partial charge in [-0.3, -0.25) is 24.0 Å². The number of ether oxygens (including phenoxy) is 9.